The SMILES string of the molecule is NCc1cc(Oc2cccc(C(=O)NCc3cc4ccccc4s3)c2)ncn1. The quantitative estimate of drug-likeness (QED) is 0.522. The molecular weight excluding hydrogens is 372 g/mol. The van der Waals surface area contributed by atoms with Crippen LogP contribution in [0.15, 0.2) is 67.0 Å². The monoisotopic (exact) mass is 390 g/mol. The Morgan fingerprint density at radius 1 is 1.07 bits per heavy atom. The third-order valence-corrected chi connectivity index (χ3v) is 5.24. The van der Waals surface area contributed by atoms with E-state index in [0.717, 1.165) is 4.88 Å². The van der Waals surface area contributed by atoms with Gasteiger partial charge in [0.1, 0.15) is 12.1 Å². The van der Waals surface area contributed by atoms with Gasteiger partial charge in [0.15, 0.2) is 0 Å². The standard InChI is InChI=1S/C21H18N4O2S/c22-11-16-10-20(25-13-24-16)27-17-6-3-5-15(8-17)21(26)23-12-18-9-14-4-1-2-7-19(14)28-18/h1-10,13H,11-12,22H2,(H,23,26). The Morgan fingerprint density at radius 3 is 2.82 bits per heavy atom. The molecule has 2 heterocycles. The molecule has 0 atom stereocenters. The van der Waals surface area contributed by atoms with Gasteiger partial charge < -0.3 is 15.8 Å². The lowest BCUT2D eigenvalue weighted by atomic mass is 10.2. The van der Waals surface area contributed by atoms with E-state index in [9.17, 15) is 4.79 Å². The smallest absolute Gasteiger partial charge is 0.251 e. The lowest BCUT2D eigenvalue weighted by Crippen LogP contribution is -2.22. The molecule has 0 aliphatic carbocycles. The molecule has 7 heteroatoms. The Balaban J connectivity index is 1.43. The number of benzene rings is 2. The second-order valence-electron chi connectivity index (χ2n) is 6.11. The molecular formula is C21H18N4O2S. The number of nitrogens with two attached hydrogens (primary N) is 1. The van der Waals surface area contributed by atoms with Crippen LogP contribution in [-0.4, -0.2) is 15.9 Å². The largest absolute Gasteiger partial charge is 0.439 e. The summed E-state index contributed by atoms with van der Waals surface area (Å²) in [5, 5.41) is 4.15. The Labute approximate surface area is 166 Å². The molecule has 140 valence electrons. The summed E-state index contributed by atoms with van der Waals surface area (Å²) >= 11 is 1.68. The fourth-order valence-electron chi connectivity index (χ4n) is 2.76. The number of fused-ring (bicyclic) bond motifs is 1. The maximum Gasteiger partial charge on any atom is 0.251 e. The predicted molar refractivity (Wildman–Crippen MR) is 109 cm³/mol. The molecule has 0 aliphatic heterocycles. The van der Waals surface area contributed by atoms with E-state index in [0.29, 0.717) is 36.0 Å². The van der Waals surface area contributed by atoms with Crippen LogP contribution < -0.4 is 15.8 Å². The molecule has 0 saturated heterocycles. The molecule has 2 aromatic heterocycles. The maximum absolute atomic E-state index is 12.5. The Bertz CT molecular complexity index is 1090. The number of rotatable bonds is 6. The van der Waals surface area contributed by atoms with Gasteiger partial charge in [-0.15, -0.1) is 11.3 Å². The molecule has 0 saturated carbocycles. The molecule has 4 rings (SSSR count). The van der Waals surface area contributed by atoms with Crippen molar-refractivity contribution in [2.24, 2.45) is 5.73 Å². The average Bonchev–Trinajstić information content (AvgIpc) is 3.15. The molecule has 28 heavy (non-hydrogen) atoms. The fourth-order valence-corrected chi connectivity index (χ4v) is 3.76. The summed E-state index contributed by atoms with van der Waals surface area (Å²) in [6.07, 6.45) is 1.40. The number of hydrogen-bond donors (Lipinski definition) is 2. The maximum atomic E-state index is 12.5. The van der Waals surface area contributed by atoms with Crippen LogP contribution in [0.3, 0.4) is 0 Å². The number of thiophene rings is 1. The first-order valence-electron chi connectivity index (χ1n) is 8.76. The Morgan fingerprint density at radius 2 is 1.96 bits per heavy atom. The second kappa shape index (κ2) is 8.16. The zero-order valence-electron chi connectivity index (χ0n) is 15.0. The van der Waals surface area contributed by atoms with Gasteiger partial charge in [0.25, 0.3) is 5.91 Å². The number of carbonyl (C=O) groups excluding carboxylic acids is 1. The number of nitrogens with zero attached hydrogens (tertiary/aromatic N) is 2. The highest BCUT2D eigenvalue weighted by Gasteiger charge is 2.09. The zero-order valence-corrected chi connectivity index (χ0v) is 15.8. The van der Waals surface area contributed by atoms with Crippen LogP contribution in [-0.2, 0) is 13.1 Å². The van der Waals surface area contributed by atoms with E-state index in [1.54, 1.807) is 41.7 Å². The first kappa shape index (κ1) is 18.1. The summed E-state index contributed by atoms with van der Waals surface area (Å²) in [5.74, 6) is 0.753. The van der Waals surface area contributed by atoms with E-state index in [-0.39, 0.29) is 5.91 Å². The minimum absolute atomic E-state index is 0.159. The van der Waals surface area contributed by atoms with Gasteiger partial charge in [0, 0.05) is 27.8 Å². The lowest BCUT2D eigenvalue weighted by Gasteiger charge is -2.08. The molecule has 1 amide bonds. The number of aromatic nitrogens is 2. The van der Waals surface area contributed by atoms with Crippen LogP contribution >= 0.6 is 11.3 Å². The van der Waals surface area contributed by atoms with Crippen molar-refractivity contribution in [1.82, 2.24) is 15.3 Å². The molecule has 0 fully saturated rings. The van der Waals surface area contributed by atoms with Crippen molar-refractivity contribution in [3.8, 4) is 11.6 Å². The molecule has 0 spiro atoms. The summed E-state index contributed by atoms with van der Waals surface area (Å²) in [6.45, 7) is 0.786. The summed E-state index contributed by atoms with van der Waals surface area (Å²) in [5.41, 5.74) is 6.79. The highest BCUT2D eigenvalue weighted by molar-refractivity contribution is 7.19. The molecule has 3 N–H and O–H groups in total. The average molecular weight is 390 g/mol. The zero-order chi connectivity index (χ0) is 19.3. The lowest BCUT2D eigenvalue weighted by molar-refractivity contribution is 0.0951. The van der Waals surface area contributed by atoms with E-state index < -0.39 is 0 Å². The van der Waals surface area contributed by atoms with Crippen LogP contribution in [0, 0.1) is 0 Å². The third kappa shape index (κ3) is 4.16. The fraction of sp³-hybridized carbons (Fsp3) is 0.0952. The van der Waals surface area contributed by atoms with Crippen LogP contribution in [0.4, 0.5) is 0 Å². The minimum atomic E-state index is -0.159. The van der Waals surface area contributed by atoms with E-state index in [4.69, 9.17) is 10.5 Å². The topological polar surface area (TPSA) is 90.1 Å². The van der Waals surface area contributed by atoms with Crippen molar-refractivity contribution < 1.29 is 9.53 Å². The summed E-state index contributed by atoms with van der Waals surface area (Å²) in [4.78, 5) is 21.7. The minimum Gasteiger partial charge on any atom is -0.439 e. The van der Waals surface area contributed by atoms with Gasteiger partial charge in [-0.3, -0.25) is 4.79 Å². The predicted octanol–water partition coefficient (Wildman–Crippen LogP) is 3.87. The Hall–Kier alpha value is -3.29. The molecule has 0 unspecified atom stereocenters. The van der Waals surface area contributed by atoms with Crippen molar-refractivity contribution in [3.63, 3.8) is 0 Å². The summed E-state index contributed by atoms with van der Waals surface area (Å²) in [7, 11) is 0. The Kier molecular flexibility index (Phi) is 5.27. The summed E-state index contributed by atoms with van der Waals surface area (Å²) in [6, 6.07) is 18.9. The summed E-state index contributed by atoms with van der Waals surface area (Å²) < 4.78 is 6.94. The molecule has 4 aromatic rings. The number of carbonyl (C=O) groups is 1. The van der Waals surface area contributed by atoms with E-state index in [1.165, 1.54) is 16.4 Å². The van der Waals surface area contributed by atoms with Crippen molar-refractivity contribution in [3.05, 3.63) is 83.1 Å². The van der Waals surface area contributed by atoms with Crippen LogP contribution in [0.2, 0.25) is 0 Å². The number of amides is 1. The molecule has 0 aliphatic rings. The van der Waals surface area contributed by atoms with Gasteiger partial charge in [0.2, 0.25) is 5.88 Å². The number of hydrogen-bond acceptors (Lipinski definition) is 6. The highest BCUT2D eigenvalue weighted by atomic mass is 32.1. The highest BCUT2D eigenvalue weighted by Crippen LogP contribution is 2.25. The van der Waals surface area contributed by atoms with Gasteiger partial charge in [-0.25, -0.2) is 9.97 Å². The van der Waals surface area contributed by atoms with Crippen molar-refractivity contribution >= 4 is 27.3 Å². The molecule has 2 aromatic carbocycles. The molecule has 0 radical (unpaired) electrons. The van der Waals surface area contributed by atoms with E-state index >= 15 is 0 Å². The van der Waals surface area contributed by atoms with Gasteiger partial charge in [-0.2, -0.15) is 0 Å². The number of nitrogens with one attached hydrogen (secondary N) is 1. The van der Waals surface area contributed by atoms with E-state index in [2.05, 4.69) is 33.5 Å². The van der Waals surface area contributed by atoms with E-state index in [1.807, 2.05) is 12.1 Å². The number of ether oxygens (including phenoxy) is 1. The van der Waals surface area contributed by atoms with Crippen molar-refractivity contribution in [2.45, 2.75) is 13.1 Å². The first-order chi connectivity index (χ1) is 13.7. The second-order valence-corrected chi connectivity index (χ2v) is 7.28. The van der Waals surface area contributed by atoms with Gasteiger partial charge >= 0.3 is 0 Å². The normalized spacial score (nSPS) is 10.8. The van der Waals surface area contributed by atoms with Crippen molar-refractivity contribution in [2.75, 3.05) is 0 Å². The van der Waals surface area contributed by atoms with Gasteiger partial charge in [-0.1, -0.05) is 24.3 Å². The third-order valence-electron chi connectivity index (χ3n) is 4.13. The van der Waals surface area contributed by atoms with Crippen LogP contribution in [0.5, 0.6) is 11.6 Å². The van der Waals surface area contributed by atoms with Crippen LogP contribution in [0.25, 0.3) is 10.1 Å². The van der Waals surface area contributed by atoms with Crippen molar-refractivity contribution in [1.29, 1.82) is 0 Å². The van der Waals surface area contributed by atoms with Crippen LogP contribution in [0.1, 0.15) is 20.9 Å². The molecule has 0 bridgehead atoms. The van der Waals surface area contributed by atoms with Gasteiger partial charge in [0.05, 0.1) is 12.2 Å². The molecule has 6 nitrogen and oxygen atoms in total. The first-order valence-corrected chi connectivity index (χ1v) is 9.57. The van der Waals surface area contributed by atoms with Gasteiger partial charge in [-0.05, 0) is 35.7 Å².